The quantitative estimate of drug-likeness (QED) is 0.315. The molecule has 0 saturated carbocycles. The van der Waals surface area contributed by atoms with Crippen molar-refractivity contribution in [1.29, 1.82) is 0 Å². The molecule has 0 aliphatic carbocycles. The van der Waals surface area contributed by atoms with Crippen molar-refractivity contribution in [3.8, 4) is 0 Å². The van der Waals surface area contributed by atoms with Crippen LogP contribution in [0.4, 0.5) is 0 Å². The summed E-state index contributed by atoms with van der Waals surface area (Å²) in [5.41, 5.74) is 3.14. The zero-order valence-electron chi connectivity index (χ0n) is 5.72. The molecule has 1 amide bonds. The minimum Gasteiger partial charge on any atom is -0.321 e. The molecular weight excluding hydrogens is 132 g/mol. The lowest BCUT2D eigenvalue weighted by atomic mass is 10.2. The third kappa shape index (κ3) is 1.52. The molecule has 0 aromatic rings. The van der Waals surface area contributed by atoms with Crippen LogP contribution in [0.5, 0.6) is 0 Å². The van der Waals surface area contributed by atoms with E-state index >= 15 is 0 Å². The van der Waals surface area contributed by atoms with E-state index in [4.69, 9.17) is 5.84 Å². The molecule has 1 rings (SSSR count). The van der Waals surface area contributed by atoms with Crippen LogP contribution in [0.2, 0.25) is 0 Å². The Labute approximate surface area is 58.7 Å². The molecule has 10 heavy (non-hydrogen) atoms. The molecule has 1 atom stereocenters. The fourth-order valence-corrected chi connectivity index (χ4v) is 0.813. The second-order valence-electron chi connectivity index (χ2n) is 2.18. The first-order valence-corrected chi connectivity index (χ1v) is 3.01. The zero-order valence-corrected chi connectivity index (χ0v) is 5.72. The third-order valence-corrected chi connectivity index (χ3v) is 1.22. The van der Waals surface area contributed by atoms with Gasteiger partial charge in [0.1, 0.15) is 0 Å². The molecule has 0 aromatic carbocycles. The molecule has 0 bridgehead atoms. The predicted molar refractivity (Wildman–Crippen MR) is 37.0 cm³/mol. The molecular formula is C5H10N4O. The minimum absolute atomic E-state index is 0.0459. The summed E-state index contributed by atoms with van der Waals surface area (Å²) in [6.45, 7) is 1.79. The van der Waals surface area contributed by atoms with Gasteiger partial charge in [-0.05, 0) is 6.92 Å². The Morgan fingerprint density at radius 3 is 3.10 bits per heavy atom. The SMILES string of the molecule is CC1=N[C@@H](NN)NC(=O)C1. The van der Waals surface area contributed by atoms with Gasteiger partial charge >= 0.3 is 0 Å². The lowest BCUT2D eigenvalue weighted by molar-refractivity contribution is -0.121. The molecule has 5 heteroatoms. The van der Waals surface area contributed by atoms with Crippen LogP contribution in [0.25, 0.3) is 0 Å². The van der Waals surface area contributed by atoms with E-state index in [1.165, 1.54) is 0 Å². The van der Waals surface area contributed by atoms with Crippen LogP contribution in [0.15, 0.2) is 4.99 Å². The van der Waals surface area contributed by atoms with E-state index < -0.39 is 6.29 Å². The van der Waals surface area contributed by atoms with Crippen LogP contribution in [0.3, 0.4) is 0 Å². The Morgan fingerprint density at radius 2 is 2.60 bits per heavy atom. The fraction of sp³-hybridized carbons (Fsp3) is 0.600. The highest BCUT2D eigenvalue weighted by Crippen LogP contribution is 1.96. The van der Waals surface area contributed by atoms with E-state index in [0.717, 1.165) is 5.71 Å². The molecule has 0 radical (unpaired) electrons. The molecule has 1 aliphatic heterocycles. The van der Waals surface area contributed by atoms with Crippen molar-refractivity contribution >= 4 is 11.6 Å². The van der Waals surface area contributed by atoms with Crippen molar-refractivity contribution in [1.82, 2.24) is 10.7 Å². The Morgan fingerprint density at radius 1 is 1.90 bits per heavy atom. The fourth-order valence-electron chi connectivity index (χ4n) is 0.813. The summed E-state index contributed by atoms with van der Waals surface area (Å²) in [5.74, 6) is 5.01. The molecule has 0 aromatic heterocycles. The summed E-state index contributed by atoms with van der Waals surface area (Å²) < 4.78 is 0. The van der Waals surface area contributed by atoms with Crippen LogP contribution in [0.1, 0.15) is 13.3 Å². The van der Waals surface area contributed by atoms with E-state index in [2.05, 4.69) is 15.7 Å². The van der Waals surface area contributed by atoms with Gasteiger partial charge < -0.3 is 5.32 Å². The summed E-state index contributed by atoms with van der Waals surface area (Å²) in [6.07, 6.45) is -0.0701. The molecule has 0 fully saturated rings. The molecule has 5 nitrogen and oxygen atoms in total. The molecule has 1 heterocycles. The smallest absolute Gasteiger partial charge is 0.228 e. The normalized spacial score (nSPS) is 25.6. The van der Waals surface area contributed by atoms with Gasteiger partial charge in [0.05, 0.1) is 6.42 Å². The zero-order chi connectivity index (χ0) is 7.56. The highest BCUT2D eigenvalue weighted by molar-refractivity contribution is 6.01. The summed E-state index contributed by atoms with van der Waals surface area (Å²) in [7, 11) is 0. The second-order valence-corrected chi connectivity index (χ2v) is 2.18. The number of carbonyl (C=O) groups is 1. The highest BCUT2D eigenvalue weighted by Gasteiger charge is 2.15. The van der Waals surface area contributed by atoms with E-state index in [1.807, 2.05) is 0 Å². The van der Waals surface area contributed by atoms with Crippen LogP contribution >= 0.6 is 0 Å². The molecule has 1 aliphatic rings. The monoisotopic (exact) mass is 142 g/mol. The molecule has 0 saturated heterocycles. The number of nitrogens with one attached hydrogen (secondary N) is 2. The van der Waals surface area contributed by atoms with Crippen molar-refractivity contribution in [2.75, 3.05) is 0 Å². The summed E-state index contributed by atoms with van der Waals surface area (Å²) in [4.78, 5) is 14.8. The van der Waals surface area contributed by atoms with Gasteiger partial charge in [0.2, 0.25) is 5.91 Å². The van der Waals surface area contributed by atoms with E-state index in [1.54, 1.807) is 6.92 Å². The van der Waals surface area contributed by atoms with Crippen molar-refractivity contribution in [3.63, 3.8) is 0 Å². The number of amides is 1. The maximum absolute atomic E-state index is 10.8. The van der Waals surface area contributed by atoms with E-state index in [-0.39, 0.29) is 5.91 Å². The van der Waals surface area contributed by atoms with Crippen LogP contribution in [-0.2, 0) is 4.79 Å². The average molecular weight is 142 g/mol. The number of nitrogens with zero attached hydrogens (tertiary/aromatic N) is 1. The highest BCUT2D eigenvalue weighted by atomic mass is 16.2. The molecule has 56 valence electrons. The first-order chi connectivity index (χ1) is 4.72. The number of carbonyl (C=O) groups excluding carboxylic acids is 1. The summed E-state index contributed by atoms with van der Waals surface area (Å²) in [5, 5.41) is 2.53. The number of hydrogen-bond acceptors (Lipinski definition) is 4. The van der Waals surface area contributed by atoms with Gasteiger partial charge in [-0.1, -0.05) is 0 Å². The van der Waals surface area contributed by atoms with Crippen molar-refractivity contribution < 1.29 is 4.79 Å². The lowest BCUT2D eigenvalue weighted by Crippen LogP contribution is -2.50. The van der Waals surface area contributed by atoms with E-state index in [9.17, 15) is 4.79 Å². The van der Waals surface area contributed by atoms with Gasteiger partial charge in [0, 0.05) is 5.71 Å². The maximum Gasteiger partial charge on any atom is 0.228 e. The molecule has 4 N–H and O–H groups in total. The lowest BCUT2D eigenvalue weighted by Gasteiger charge is -2.18. The predicted octanol–water partition coefficient (Wildman–Crippen LogP) is -1.29. The van der Waals surface area contributed by atoms with Gasteiger partial charge in [-0.15, -0.1) is 0 Å². The topological polar surface area (TPSA) is 79.5 Å². The van der Waals surface area contributed by atoms with Gasteiger partial charge in [-0.25, -0.2) is 5.43 Å². The minimum atomic E-state index is -0.443. The Hall–Kier alpha value is -0.940. The number of rotatable bonds is 1. The summed E-state index contributed by atoms with van der Waals surface area (Å²) in [6, 6.07) is 0. The number of aliphatic imine (C=N–C) groups is 1. The standard InChI is InChI=1S/C5H10N4O/c1-3-2-4(10)8-5(7-3)9-6/h5,9H,2,6H2,1H3,(H,8,10)/t5-/m1/s1. The van der Waals surface area contributed by atoms with E-state index in [0.29, 0.717) is 6.42 Å². The summed E-state index contributed by atoms with van der Waals surface area (Å²) >= 11 is 0. The van der Waals surface area contributed by atoms with Gasteiger partial charge in [0.25, 0.3) is 0 Å². The Balaban J connectivity index is 2.63. The van der Waals surface area contributed by atoms with Crippen molar-refractivity contribution in [2.24, 2.45) is 10.8 Å². The van der Waals surface area contributed by atoms with Crippen LogP contribution in [-0.4, -0.2) is 17.9 Å². The third-order valence-electron chi connectivity index (χ3n) is 1.22. The number of nitrogens with two attached hydrogens (primary N) is 1. The second kappa shape index (κ2) is 2.76. The van der Waals surface area contributed by atoms with Crippen molar-refractivity contribution in [3.05, 3.63) is 0 Å². The van der Waals surface area contributed by atoms with Gasteiger partial charge in [0.15, 0.2) is 6.29 Å². The van der Waals surface area contributed by atoms with Crippen LogP contribution in [0, 0.1) is 0 Å². The first kappa shape index (κ1) is 7.17. The van der Waals surface area contributed by atoms with Gasteiger partial charge in [-0.3, -0.25) is 15.6 Å². The molecule has 0 spiro atoms. The van der Waals surface area contributed by atoms with Crippen LogP contribution < -0.4 is 16.6 Å². The number of hydrogen-bond donors (Lipinski definition) is 3. The largest absolute Gasteiger partial charge is 0.321 e. The maximum atomic E-state index is 10.8. The molecule has 0 unspecified atom stereocenters. The Bertz CT molecular complexity index is 176. The first-order valence-electron chi connectivity index (χ1n) is 3.01. The Kier molecular flexibility index (Phi) is 1.98. The average Bonchev–Trinajstić information content (AvgIpc) is 1.85. The van der Waals surface area contributed by atoms with Crippen molar-refractivity contribution in [2.45, 2.75) is 19.6 Å². The number of hydrazine groups is 1. The van der Waals surface area contributed by atoms with Gasteiger partial charge in [-0.2, -0.15) is 0 Å².